The second kappa shape index (κ2) is 28.0. The van der Waals surface area contributed by atoms with Crippen LogP contribution in [0.4, 0.5) is 0 Å². The van der Waals surface area contributed by atoms with Gasteiger partial charge in [-0.2, -0.15) is 0 Å². The fraction of sp³-hybridized carbons (Fsp3) is 0.923. The van der Waals surface area contributed by atoms with E-state index in [0.29, 0.717) is 19.4 Å². The first-order chi connectivity index (χ1) is 16.2. The summed E-state index contributed by atoms with van der Waals surface area (Å²) in [5.74, 6) is 2.09. The first-order valence-electron chi connectivity index (χ1n) is 13.5. The summed E-state index contributed by atoms with van der Waals surface area (Å²) in [7, 11) is 3.77. The number of nitrogens with one attached hydrogen (secondary N) is 1. The number of carbonyl (C=O) groups excluding carboxylic acids is 2. The van der Waals surface area contributed by atoms with Gasteiger partial charge in [0.15, 0.2) is 0 Å². The van der Waals surface area contributed by atoms with Crippen LogP contribution in [0.3, 0.4) is 0 Å². The number of hydrogen-bond acceptors (Lipinski definition) is 7. The van der Waals surface area contributed by atoms with E-state index in [1.165, 1.54) is 64.2 Å². The molecule has 0 saturated carbocycles. The van der Waals surface area contributed by atoms with Gasteiger partial charge < -0.3 is 19.7 Å². The first kappa shape index (κ1) is 32.8. The van der Waals surface area contributed by atoms with Gasteiger partial charge in [-0.15, -0.1) is 0 Å². The molecular weight excluding hydrogens is 452 g/mol. The fourth-order valence-corrected chi connectivity index (χ4v) is 5.31. The molecule has 1 N–H and O–H groups in total. The molecule has 0 aromatic heterocycles. The minimum atomic E-state index is -0.0763. The van der Waals surface area contributed by atoms with Gasteiger partial charge >= 0.3 is 5.97 Å². The van der Waals surface area contributed by atoms with Crippen LogP contribution in [0.2, 0.25) is 0 Å². The van der Waals surface area contributed by atoms with E-state index >= 15 is 0 Å². The molecule has 0 aromatic carbocycles. The Hall–Kier alpha value is -0.240. The van der Waals surface area contributed by atoms with Crippen LogP contribution in [0, 0.1) is 0 Å². The molecule has 0 saturated heterocycles. The molecule has 0 amide bonds. The number of esters is 1. The van der Waals surface area contributed by atoms with Crippen molar-refractivity contribution >= 4 is 33.8 Å². The van der Waals surface area contributed by atoms with Gasteiger partial charge in [-0.1, -0.05) is 106 Å². The van der Waals surface area contributed by atoms with Crippen molar-refractivity contribution in [1.29, 1.82) is 0 Å². The van der Waals surface area contributed by atoms with Crippen molar-refractivity contribution in [2.75, 3.05) is 50.8 Å². The van der Waals surface area contributed by atoms with Gasteiger partial charge in [0.25, 0.3) is 0 Å². The highest BCUT2D eigenvalue weighted by molar-refractivity contribution is 8.76. The lowest BCUT2D eigenvalue weighted by atomic mass is 10.1. The Morgan fingerprint density at radius 1 is 0.818 bits per heavy atom. The minimum absolute atomic E-state index is 0.0763. The van der Waals surface area contributed by atoms with Crippen LogP contribution in [0.1, 0.15) is 104 Å². The summed E-state index contributed by atoms with van der Waals surface area (Å²) < 4.78 is 5.46. The lowest BCUT2D eigenvalue weighted by Gasteiger charge is -2.21. The van der Waals surface area contributed by atoms with Gasteiger partial charge in [0.2, 0.25) is 0 Å². The predicted molar refractivity (Wildman–Crippen MR) is 147 cm³/mol. The molecule has 0 fully saturated rings. The normalized spacial score (nSPS) is 11.2. The number of rotatable bonds is 27. The third kappa shape index (κ3) is 26.2. The van der Waals surface area contributed by atoms with Crippen molar-refractivity contribution in [3.63, 3.8) is 0 Å². The lowest BCUT2D eigenvalue weighted by Crippen LogP contribution is -2.35. The zero-order valence-electron chi connectivity index (χ0n) is 21.6. The highest BCUT2D eigenvalue weighted by Crippen LogP contribution is 2.20. The minimum Gasteiger partial charge on any atom is -0.466 e. The van der Waals surface area contributed by atoms with Crippen molar-refractivity contribution in [2.45, 2.75) is 104 Å². The largest absolute Gasteiger partial charge is 0.466 e. The zero-order chi connectivity index (χ0) is 24.2. The Kier molecular flexibility index (Phi) is 27.8. The molecule has 0 atom stereocenters. The molecule has 0 aromatic rings. The molecule has 5 nitrogen and oxygen atoms in total. The lowest BCUT2D eigenvalue weighted by molar-refractivity contribution is -0.144. The summed E-state index contributed by atoms with van der Waals surface area (Å²) in [4.78, 5) is 24.9. The van der Waals surface area contributed by atoms with Crippen LogP contribution in [-0.4, -0.2) is 68.0 Å². The molecule has 0 aliphatic rings. The van der Waals surface area contributed by atoms with E-state index in [9.17, 15) is 9.59 Å². The fourth-order valence-electron chi connectivity index (χ4n) is 3.62. The standard InChI is InChI=1S/C26H52N2O3S2/c1-3-5-6-7-8-9-10-11-12-13-14-15-24-31-26(30)17-20-28(22-25-33-32-4-2)21-19-27-18-16-23-29/h23,27H,3-22,24-25H2,1-2H3. The second-order valence-electron chi connectivity index (χ2n) is 8.64. The van der Waals surface area contributed by atoms with Crippen molar-refractivity contribution in [1.82, 2.24) is 10.2 Å². The van der Waals surface area contributed by atoms with Gasteiger partial charge in [-0.25, -0.2) is 0 Å². The van der Waals surface area contributed by atoms with Crippen LogP contribution in [-0.2, 0) is 14.3 Å². The van der Waals surface area contributed by atoms with Gasteiger partial charge in [0.1, 0.15) is 6.29 Å². The van der Waals surface area contributed by atoms with E-state index in [0.717, 1.165) is 63.4 Å². The summed E-state index contributed by atoms with van der Waals surface area (Å²) >= 11 is 0. The van der Waals surface area contributed by atoms with E-state index in [2.05, 4.69) is 24.1 Å². The van der Waals surface area contributed by atoms with Gasteiger partial charge in [-0.3, -0.25) is 4.79 Å². The molecule has 0 spiro atoms. The SMILES string of the molecule is CCCCCCCCCCCCCCOC(=O)CCN(CCNCCC=O)CCSSCC. The maximum Gasteiger partial charge on any atom is 0.307 e. The second-order valence-corrected chi connectivity index (χ2v) is 11.5. The molecule has 0 rings (SSSR count). The smallest absolute Gasteiger partial charge is 0.307 e. The predicted octanol–water partition coefficient (Wildman–Crippen LogP) is 6.50. The Labute approximate surface area is 212 Å². The van der Waals surface area contributed by atoms with E-state index in [4.69, 9.17) is 4.74 Å². The summed E-state index contributed by atoms with van der Waals surface area (Å²) in [6.45, 7) is 9.16. The van der Waals surface area contributed by atoms with Crippen molar-refractivity contribution in [3.8, 4) is 0 Å². The Morgan fingerprint density at radius 3 is 2.06 bits per heavy atom. The quantitative estimate of drug-likeness (QED) is 0.0593. The number of unbranched alkanes of at least 4 members (excludes halogenated alkanes) is 11. The molecule has 0 aliphatic heterocycles. The molecule has 0 bridgehead atoms. The Bertz CT molecular complexity index is 428. The number of aldehydes is 1. The maximum absolute atomic E-state index is 12.1. The Morgan fingerprint density at radius 2 is 1.45 bits per heavy atom. The van der Waals surface area contributed by atoms with Crippen LogP contribution in [0.15, 0.2) is 0 Å². The molecule has 196 valence electrons. The van der Waals surface area contributed by atoms with E-state index in [-0.39, 0.29) is 5.97 Å². The van der Waals surface area contributed by atoms with E-state index < -0.39 is 0 Å². The molecule has 0 unspecified atom stereocenters. The number of ether oxygens (including phenoxy) is 1. The number of nitrogens with zero attached hydrogens (tertiary/aromatic N) is 1. The molecular formula is C26H52N2O3S2. The van der Waals surface area contributed by atoms with Gasteiger partial charge in [-0.05, 0) is 6.42 Å². The average Bonchev–Trinajstić information content (AvgIpc) is 2.82. The summed E-state index contributed by atoms with van der Waals surface area (Å²) in [6, 6.07) is 0. The van der Waals surface area contributed by atoms with Crippen LogP contribution in [0.5, 0.6) is 0 Å². The van der Waals surface area contributed by atoms with E-state index in [1.54, 1.807) is 0 Å². The number of hydrogen-bond donors (Lipinski definition) is 1. The molecule has 33 heavy (non-hydrogen) atoms. The van der Waals surface area contributed by atoms with Crippen LogP contribution < -0.4 is 5.32 Å². The van der Waals surface area contributed by atoms with Crippen LogP contribution >= 0.6 is 21.6 Å². The van der Waals surface area contributed by atoms with Crippen molar-refractivity contribution in [3.05, 3.63) is 0 Å². The van der Waals surface area contributed by atoms with Gasteiger partial charge in [0, 0.05) is 50.7 Å². The Balaban J connectivity index is 3.69. The first-order valence-corrected chi connectivity index (χ1v) is 16.0. The summed E-state index contributed by atoms with van der Waals surface area (Å²) in [6.07, 6.45) is 17.7. The molecule has 7 heteroatoms. The zero-order valence-corrected chi connectivity index (χ0v) is 23.3. The maximum atomic E-state index is 12.1. The molecule has 0 aliphatic carbocycles. The van der Waals surface area contributed by atoms with Gasteiger partial charge in [0.05, 0.1) is 13.0 Å². The molecule has 0 radical (unpaired) electrons. The highest BCUT2D eigenvalue weighted by Gasteiger charge is 2.09. The van der Waals surface area contributed by atoms with Crippen molar-refractivity contribution < 1.29 is 14.3 Å². The topological polar surface area (TPSA) is 58.6 Å². The summed E-state index contributed by atoms with van der Waals surface area (Å²) in [5.41, 5.74) is 0. The van der Waals surface area contributed by atoms with E-state index in [1.807, 2.05) is 21.6 Å². The average molecular weight is 505 g/mol. The molecule has 0 heterocycles. The highest BCUT2D eigenvalue weighted by atomic mass is 33.1. The summed E-state index contributed by atoms with van der Waals surface area (Å²) in [5, 5.41) is 3.28. The van der Waals surface area contributed by atoms with Crippen LogP contribution in [0.25, 0.3) is 0 Å². The third-order valence-corrected chi connectivity index (χ3v) is 8.09. The van der Waals surface area contributed by atoms with Crippen molar-refractivity contribution in [2.24, 2.45) is 0 Å². The monoisotopic (exact) mass is 504 g/mol. The number of carbonyl (C=O) groups is 2. The third-order valence-electron chi connectivity index (χ3n) is 5.63.